The fourth-order valence-electron chi connectivity index (χ4n) is 1.63. The van der Waals surface area contributed by atoms with Gasteiger partial charge >= 0.3 is 0 Å². The van der Waals surface area contributed by atoms with E-state index >= 15 is 0 Å². The van der Waals surface area contributed by atoms with E-state index in [1.807, 2.05) is 24.3 Å². The zero-order chi connectivity index (χ0) is 15.1. The fraction of sp³-hybridized carbons (Fsp3) is 0.267. The zero-order valence-electron chi connectivity index (χ0n) is 12.1. The number of carbonyl (C=O) groups excluding carboxylic acids is 1. The van der Waals surface area contributed by atoms with Crippen molar-refractivity contribution in [1.82, 2.24) is 15.2 Å². The monoisotopic (exact) mass is 286 g/mol. The summed E-state index contributed by atoms with van der Waals surface area (Å²) < 4.78 is 7.05. The highest BCUT2D eigenvalue weighted by Gasteiger charge is 2.06. The van der Waals surface area contributed by atoms with Crippen LogP contribution in [0.5, 0.6) is 5.75 Å². The van der Waals surface area contributed by atoms with E-state index in [2.05, 4.69) is 22.5 Å². The van der Waals surface area contributed by atoms with E-state index in [0.717, 1.165) is 17.7 Å². The molecule has 0 radical (unpaired) electrons. The van der Waals surface area contributed by atoms with Gasteiger partial charge in [-0.15, -0.1) is 0 Å². The average molecular weight is 286 g/mol. The van der Waals surface area contributed by atoms with Crippen LogP contribution < -0.4 is 10.2 Å². The Balaban J connectivity index is 1.87. The highest BCUT2D eigenvalue weighted by Crippen LogP contribution is 2.11. The molecule has 1 aromatic carbocycles. The van der Waals surface area contributed by atoms with E-state index in [-0.39, 0.29) is 5.91 Å². The van der Waals surface area contributed by atoms with Gasteiger partial charge < -0.3 is 4.74 Å². The normalized spacial score (nSPS) is 10.8. The second-order valence-electron chi connectivity index (χ2n) is 4.49. The van der Waals surface area contributed by atoms with Gasteiger partial charge in [-0.25, -0.2) is 5.43 Å². The highest BCUT2D eigenvalue weighted by molar-refractivity contribution is 5.93. The average Bonchev–Trinajstić information content (AvgIpc) is 2.93. The zero-order valence-corrected chi connectivity index (χ0v) is 12.1. The number of benzene rings is 1. The molecule has 0 aliphatic rings. The van der Waals surface area contributed by atoms with Gasteiger partial charge in [-0.05, 0) is 42.3 Å². The van der Waals surface area contributed by atoms with Crippen molar-refractivity contribution < 1.29 is 9.53 Å². The smallest absolute Gasteiger partial charge is 0.291 e. The third-order valence-corrected chi connectivity index (χ3v) is 2.68. The van der Waals surface area contributed by atoms with Crippen molar-refractivity contribution in [2.75, 3.05) is 6.61 Å². The summed E-state index contributed by atoms with van der Waals surface area (Å²) in [7, 11) is 1.75. The second kappa shape index (κ2) is 7.23. The van der Waals surface area contributed by atoms with E-state index in [0.29, 0.717) is 12.3 Å². The molecule has 0 aliphatic carbocycles. The number of ether oxygens (including phenoxy) is 1. The van der Waals surface area contributed by atoms with Gasteiger partial charge in [0, 0.05) is 13.2 Å². The number of hydrogen-bond acceptors (Lipinski definition) is 4. The first-order chi connectivity index (χ1) is 10.2. The number of rotatable bonds is 6. The van der Waals surface area contributed by atoms with Crippen molar-refractivity contribution in [3.63, 3.8) is 0 Å². The third kappa shape index (κ3) is 4.45. The minimum atomic E-state index is -0.338. The molecule has 0 aliphatic heterocycles. The maximum atomic E-state index is 11.7. The molecule has 110 valence electrons. The Kier molecular flexibility index (Phi) is 5.09. The van der Waals surface area contributed by atoms with Gasteiger partial charge in [0.1, 0.15) is 5.75 Å². The first kappa shape index (κ1) is 14.8. The number of aryl methyl sites for hydroxylation is 1. The minimum Gasteiger partial charge on any atom is -0.494 e. The standard InChI is InChI=1S/C15H18N4O2/c1-3-10-21-13-6-4-12(5-7-13)11-16-17-15(20)14-8-9-19(2)18-14/h4-9,11H,3,10H2,1-2H3,(H,17,20)/b16-11-. The van der Waals surface area contributed by atoms with Crippen molar-refractivity contribution in [3.05, 3.63) is 47.8 Å². The van der Waals surface area contributed by atoms with Crippen molar-refractivity contribution in [1.29, 1.82) is 0 Å². The van der Waals surface area contributed by atoms with Crippen molar-refractivity contribution in [2.45, 2.75) is 13.3 Å². The molecule has 6 nitrogen and oxygen atoms in total. The van der Waals surface area contributed by atoms with Crippen LogP contribution >= 0.6 is 0 Å². The van der Waals surface area contributed by atoms with E-state index in [9.17, 15) is 4.79 Å². The molecule has 21 heavy (non-hydrogen) atoms. The molecule has 0 atom stereocenters. The van der Waals surface area contributed by atoms with Gasteiger partial charge in [-0.3, -0.25) is 9.48 Å². The van der Waals surface area contributed by atoms with Crippen LogP contribution in [0.2, 0.25) is 0 Å². The maximum Gasteiger partial charge on any atom is 0.291 e. The topological polar surface area (TPSA) is 68.5 Å². The van der Waals surface area contributed by atoms with Gasteiger partial charge in [0.05, 0.1) is 12.8 Å². The summed E-state index contributed by atoms with van der Waals surface area (Å²) in [6.07, 6.45) is 4.25. The molecule has 0 saturated heterocycles. The van der Waals surface area contributed by atoms with Crippen LogP contribution in [0.15, 0.2) is 41.6 Å². The minimum absolute atomic E-state index is 0.331. The Bertz CT molecular complexity index is 617. The van der Waals surface area contributed by atoms with Crippen molar-refractivity contribution in [3.8, 4) is 5.75 Å². The SMILES string of the molecule is CCCOc1ccc(/C=N\NC(=O)c2ccn(C)n2)cc1. The number of nitrogens with zero attached hydrogens (tertiary/aromatic N) is 3. The lowest BCUT2D eigenvalue weighted by molar-refractivity contribution is 0.0949. The van der Waals surface area contributed by atoms with Crippen LogP contribution in [0, 0.1) is 0 Å². The Morgan fingerprint density at radius 2 is 2.14 bits per heavy atom. The van der Waals surface area contributed by atoms with Crippen LogP contribution in [-0.4, -0.2) is 28.5 Å². The second-order valence-corrected chi connectivity index (χ2v) is 4.49. The van der Waals surface area contributed by atoms with E-state index < -0.39 is 0 Å². The predicted octanol–water partition coefficient (Wildman–Crippen LogP) is 1.97. The quantitative estimate of drug-likeness (QED) is 0.652. The van der Waals surface area contributed by atoms with Gasteiger partial charge in [0.15, 0.2) is 5.69 Å². The van der Waals surface area contributed by atoms with Gasteiger partial charge in [-0.1, -0.05) is 6.92 Å². The molecule has 0 spiro atoms. The van der Waals surface area contributed by atoms with Gasteiger partial charge in [0.2, 0.25) is 0 Å². The number of aromatic nitrogens is 2. The largest absolute Gasteiger partial charge is 0.494 e. The Morgan fingerprint density at radius 3 is 2.76 bits per heavy atom. The first-order valence-electron chi connectivity index (χ1n) is 6.75. The number of hydrazone groups is 1. The molecule has 1 heterocycles. The molecule has 0 saturated carbocycles. The lowest BCUT2D eigenvalue weighted by atomic mass is 10.2. The summed E-state index contributed by atoms with van der Waals surface area (Å²) in [5, 5.41) is 7.89. The number of hydrogen-bond donors (Lipinski definition) is 1. The van der Waals surface area contributed by atoms with E-state index in [1.165, 1.54) is 0 Å². The van der Waals surface area contributed by atoms with Gasteiger partial charge in [-0.2, -0.15) is 10.2 Å². The lowest BCUT2D eigenvalue weighted by Gasteiger charge is -2.03. The van der Waals surface area contributed by atoms with E-state index in [4.69, 9.17) is 4.74 Å². The molecular formula is C15H18N4O2. The summed E-state index contributed by atoms with van der Waals surface area (Å²) in [4.78, 5) is 11.7. The molecule has 1 amide bonds. The van der Waals surface area contributed by atoms with Gasteiger partial charge in [0.25, 0.3) is 5.91 Å². The highest BCUT2D eigenvalue weighted by atomic mass is 16.5. The Morgan fingerprint density at radius 1 is 1.38 bits per heavy atom. The van der Waals surface area contributed by atoms with Crippen LogP contribution in [0.3, 0.4) is 0 Å². The Hall–Kier alpha value is -2.63. The molecule has 0 unspecified atom stereocenters. The summed E-state index contributed by atoms with van der Waals surface area (Å²) in [5.74, 6) is 0.487. The third-order valence-electron chi connectivity index (χ3n) is 2.68. The molecule has 1 N–H and O–H groups in total. The molecular weight excluding hydrogens is 268 g/mol. The molecule has 2 rings (SSSR count). The summed E-state index contributed by atoms with van der Waals surface area (Å²) >= 11 is 0. The molecule has 6 heteroatoms. The number of nitrogens with one attached hydrogen (secondary N) is 1. The van der Waals surface area contributed by atoms with Crippen molar-refractivity contribution in [2.24, 2.45) is 12.1 Å². The lowest BCUT2D eigenvalue weighted by Crippen LogP contribution is -2.18. The Labute approximate surface area is 123 Å². The number of carbonyl (C=O) groups is 1. The van der Waals surface area contributed by atoms with E-state index in [1.54, 1.807) is 30.2 Å². The van der Waals surface area contributed by atoms with Crippen molar-refractivity contribution >= 4 is 12.1 Å². The number of amides is 1. The summed E-state index contributed by atoms with van der Waals surface area (Å²) in [5.41, 5.74) is 3.64. The molecule has 2 aromatic rings. The maximum absolute atomic E-state index is 11.7. The fourth-order valence-corrected chi connectivity index (χ4v) is 1.63. The molecule has 1 aromatic heterocycles. The molecule has 0 bridgehead atoms. The van der Waals surface area contributed by atoms with Crippen LogP contribution in [0.1, 0.15) is 29.4 Å². The first-order valence-corrected chi connectivity index (χ1v) is 6.75. The summed E-state index contributed by atoms with van der Waals surface area (Å²) in [6.45, 7) is 2.76. The summed E-state index contributed by atoms with van der Waals surface area (Å²) in [6, 6.07) is 9.13. The van der Waals surface area contributed by atoms with Crippen LogP contribution in [-0.2, 0) is 7.05 Å². The molecule has 0 fully saturated rings. The predicted molar refractivity (Wildman–Crippen MR) is 80.5 cm³/mol. The van der Waals surface area contributed by atoms with Crippen LogP contribution in [0.25, 0.3) is 0 Å². The van der Waals surface area contributed by atoms with Crippen LogP contribution in [0.4, 0.5) is 0 Å².